The first kappa shape index (κ1) is 6.86. The van der Waals surface area contributed by atoms with Crippen LogP contribution < -0.4 is 0 Å². The minimum absolute atomic E-state index is 0.0772. The van der Waals surface area contributed by atoms with Gasteiger partial charge in [-0.15, -0.1) is 0 Å². The summed E-state index contributed by atoms with van der Waals surface area (Å²) in [5, 5.41) is 0. The van der Waals surface area contributed by atoms with Crippen molar-refractivity contribution in [3.63, 3.8) is 0 Å². The van der Waals surface area contributed by atoms with Crippen LogP contribution in [0.4, 0.5) is 8.78 Å². The minimum Gasteiger partial charge on any atom is -0.259 e. The Morgan fingerprint density at radius 3 is 2.44 bits per heavy atom. The third-order valence-electron chi connectivity index (χ3n) is 1.23. The molecule has 1 heterocycles. The van der Waals surface area contributed by atoms with E-state index in [2.05, 4.69) is 0 Å². The molecule has 1 rings (SSSR count). The lowest BCUT2D eigenvalue weighted by Gasteiger charge is -1.86. The van der Waals surface area contributed by atoms with Crippen LogP contribution in [0.25, 0.3) is 0 Å². The summed E-state index contributed by atoms with van der Waals surface area (Å²) in [6.45, 7) is 0. The molecule has 52 valence electrons. The molecule has 0 spiro atoms. The molecule has 0 amide bonds. The maximum absolute atomic E-state index is 11.7. The number of hydrogen-bond donors (Lipinski definition) is 0. The Kier molecular flexibility index (Phi) is 1.95. The zero-order valence-electron chi connectivity index (χ0n) is 4.69. The second-order valence-electron chi connectivity index (χ2n) is 1.90. The van der Waals surface area contributed by atoms with Crippen molar-refractivity contribution in [1.29, 1.82) is 0 Å². The highest BCUT2D eigenvalue weighted by Crippen LogP contribution is 2.19. The van der Waals surface area contributed by atoms with E-state index in [1.165, 1.54) is 0 Å². The summed E-state index contributed by atoms with van der Waals surface area (Å²) in [5.41, 5.74) is 0.0772. The predicted molar refractivity (Wildman–Crippen MR) is 31.7 cm³/mol. The van der Waals surface area contributed by atoms with Gasteiger partial charge in [-0.3, -0.25) is 4.21 Å². The molecule has 0 bridgehead atoms. The Morgan fingerprint density at radius 2 is 2.22 bits per heavy atom. The molecule has 1 saturated heterocycles. The third-order valence-corrected chi connectivity index (χ3v) is 2.56. The van der Waals surface area contributed by atoms with E-state index < -0.39 is 16.9 Å². The lowest BCUT2D eigenvalue weighted by Crippen LogP contribution is -1.88. The standard InChI is InChI=1S/C5H6F2OS/c6-5(7)4-1-2-9(8)3-4/h1-3H2. The molecule has 0 aromatic rings. The van der Waals surface area contributed by atoms with Gasteiger partial charge in [-0.2, -0.15) is 8.78 Å². The zero-order valence-corrected chi connectivity index (χ0v) is 5.51. The van der Waals surface area contributed by atoms with Crippen molar-refractivity contribution in [2.24, 2.45) is 0 Å². The average Bonchev–Trinajstić information content (AvgIpc) is 2.14. The Bertz CT molecular complexity index is 172. The van der Waals surface area contributed by atoms with Crippen LogP contribution in [0, 0.1) is 0 Å². The highest BCUT2D eigenvalue weighted by Gasteiger charge is 2.18. The van der Waals surface area contributed by atoms with Crippen LogP contribution in [0.15, 0.2) is 11.7 Å². The lowest BCUT2D eigenvalue weighted by atomic mass is 10.3. The first-order valence-electron chi connectivity index (χ1n) is 2.58. The Balaban J connectivity index is 2.69. The predicted octanol–water partition coefficient (Wildman–Crippen LogP) is 1.29. The SMILES string of the molecule is O=S1CCC(=C(F)F)C1. The summed E-state index contributed by atoms with van der Waals surface area (Å²) >= 11 is 0. The van der Waals surface area contributed by atoms with Crippen LogP contribution in [0.1, 0.15) is 6.42 Å². The topological polar surface area (TPSA) is 17.1 Å². The minimum atomic E-state index is -1.64. The van der Waals surface area contributed by atoms with E-state index in [0.29, 0.717) is 12.2 Å². The molecule has 0 aromatic heterocycles. The molecule has 1 aliphatic heterocycles. The summed E-state index contributed by atoms with van der Waals surface area (Å²) < 4.78 is 33.8. The zero-order chi connectivity index (χ0) is 6.85. The van der Waals surface area contributed by atoms with E-state index in [1.807, 2.05) is 0 Å². The molecule has 1 aliphatic rings. The average molecular weight is 152 g/mol. The highest BCUT2D eigenvalue weighted by molar-refractivity contribution is 7.85. The molecule has 1 nitrogen and oxygen atoms in total. The highest BCUT2D eigenvalue weighted by atomic mass is 32.2. The number of rotatable bonds is 0. The van der Waals surface area contributed by atoms with Crippen molar-refractivity contribution in [2.45, 2.75) is 6.42 Å². The van der Waals surface area contributed by atoms with Gasteiger partial charge in [-0.1, -0.05) is 0 Å². The van der Waals surface area contributed by atoms with Crippen LogP contribution in [-0.2, 0) is 10.8 Å². The molecule has 1 unspecified atom stereocenters. The van der Waals surface area contributed by atoms with Gasteiger partial charge in [-0.05, 0) is 6.42 Å². The molecule has 0 radical (unpaired) electrons. The smallest absolute Gasteiger partial charge is 0.259 e. The molecule has 0 saturated carbocycles. The van der Waals surface area contributed by atoms with Gasteiger partial charge in [-0.25, -0.2) is 0 Å². The first-order valence-corrected chi connectivity index (χ1v) is 4.07. The van der Waals surface area contributed by atoms with E-state index in [1.54, 1.807) is 0 Å². The summed E-state index contributed by atoms with van der Waals surface area (Å²) in [6, 6.07) is 0. The van der Waals surface area contributed by atoms with Gasteiger partial charge in [0.1, 0.15) is 0 Å². The van der Waals surface area contributed by atoms with E-state index in [4.69, 9.17) is 0 Å². The second kappa shape index (κ2) is 2.56. The normalized spacial score (nSPS) is 26.9. The van der Waals surface area contributed by atoms with E-state index in [-0.39, 0.29) is 11.3 Å². The van der Waals surface area contributed by atoms with E-state index >= 15 is 0 Å². The fraction of sp³-hybridized carbons (Fsp3) is 0.600. The summed E-state index contributed by atoms with van der Waals surface area (Å²) in [4.78, 5) is 0. The monoisotopic (exact) mass is 152 g/mol. The molecule has 9 heavy (non-hydrogen) atoms. The molecule has 0 aromatic carbocycles. The van der Waals surface area contributed by atoms with Gasteiger partial charge in [0.05, 0.1) is 5.75 Å². The van der Waals surface area contributed by atoms with Gasteiger partial charge in [0.2, 0.25) is 0 Å². The van der Waals surface area contributed by atoms with Crippen LogP contribution in [0.2, 0.25) is 0 Å². The van der Waals surface area contributed by atoms with Crippen LogP contribution in [-0.4, -0.2) is 15.7 Å². The van der Waals surface area contributed by atoms with Crippen LogP contribution in [0.5, 0.6) is 0 Å². The largest absolute Gasteiger partial charge is 0.270 e. The lowest BCUT2D eigenvalue weighted by molar-refractivity contribution is 0.410. The summed E-state index contributed by atoms with van der Waals surface area (Å²) in [7, 11) is -1.01. The van der Waals surface area contributed by atoms with Crippen molar-refractivity contribution in [2.75, 3.05) is 11.5 Å². The molecule has 4 heteroatoms. The summed E-state index contributed by atoms with van der Waals surface area (Å²) in [6.07, 6.45) is -1.32. The van der Waals surface area contributed by atoms with Crippen LogP contribution in [0.3, 0.4) is 0 Å². The fourth-order valence-electron chi connectivity index (χ4n) is 0.725. The molecular weight excluding hydrogens is 146 g/mol. The van der Waals surface area contributed by atoms with Gasteiger partial charge in [0.15, 0.2) is 0 Å². The maximum Gasteiger partial charge on any atom is 0.270 e. The Morgan fingerprint density at radius 1 is 1.56 bits per heavy atom. The quantitative estimate of drug-likeness (QED) is 0.511. The van der Waals surface area contributed by atoms with E-state index in [0.717, 1.165) is 0 Å². The van der Waals surface area contributed by atoms with Crippen molar-refractivity contribution in [1.82, 2.24) is 0 Å². The maximum atomic E-state index is 11.7. The van der Waals surface area contributed by atoms with Crippen LogP contribution >= 0.6 is 0 Å². The van der Waals surface area contributed by atoms with Gasteiger partial charge in [0, 0.05) is 22.1 Å². The molecule has 0 aliphatic carbocycles. The van der Waals surface area contributed by atoms with Crippen molar-refractivity contribution >= 4 is 10.8 Å². The van der Waals surface area contributed by atoms with E-state index in [9.17, 15) is 13.0 Å². The van der Waals surface area contributed by atoms with Crippen molar-refractivity contribution in [3.05, 3.63) is 11.7 Å². The Labute approximate surface area is 54.2 Å². The van der Waals surface area contributed by atoms with Gasteiger partial charge in [0.25, 0.3) is 6.08 Å². The molecule has 1 atom stereocenters. The molecule has 0 N–H and O–H groups in total. The fourth-order valence-corrected chi connectivity index (χ4v) is 1.99. The van der Waals surface area contributed by atoms with Gasteiger partial charge >= 0.3 is 0 Å². The molecule has 1 fully saturated rings. The molecular formula is C5H6F2OS. The Hall–Kier alpha value is -0.250. The summed E-state index contributed by atoms with van der Waals surface area (Å²) in [5.74, 6) is 0.495. The van der Waals surface area contributed by atoms with Crippen molar-refractivity contribution < 1.29 is 13.0 Å². The van der Waals surface area contributed by atoms with Gasteiger partial charge < -0.3 is 0 Å². The first-order chi connectivity index (χ1) is 4.20. The second-order valence-corrected chi connectivity index (χ2v) is 3.48. The number of hydrogen-bond acceptors (Lipinski definition) is 1. The number of halogens is 2. The van der Waals surface area contributed by atoms with Crippen molar-refractivity contribution in [3.8, 4) is 0 Å². The third kappa shape index (κ3) is 1.58.